The Labute approximate surface area is 323 Å². The van der Waals surface area contributed by atoms with E-state index in [0.29, 0.717) is 5.82 Å². The SMILES string of the molecule is C=C/C=C(\C=C)c1cc(-c2ccccc2)nc(-c2ccc(-c3ccc4ccc(-c5ccc(-c6ccc7c(c6)C(C)(C)c6ccccc6-7)cc5)cc4c3)cc2)n1. The molecule has 1 heterocycles. The van der Waals surface area contributed by atoms with Gasteiger partial charge in [0.25, 0.3) is 0 Å². The molecular weight excluding hydrogens is 665 g/mol. The first-order valence-electron chi connectivity index (χ1n) is 18.8. The van der Waals surface area contributed by atoms with Gasteiger partial charge < -0.3 is 0 Å². The summed E-state index contributed by atoms with van der Waals surface area (Å²) in [4.78, 5) is 9.94. The number of hydrogen-bond donors (Lipinski definition) is 0. The second kappa shape index (κ2) is 13.8. The van der Waals surface area contributed by atoms with Gasteiger partial charge in [-0.2, -0.15) is 0 Å². The molecule has 0 atom stereocenters. The number of nitrogens with zero attached hydrogens (tertiary/aromatic N) is 2. The lowest BCUT2D eigenvalue weighted by Crippen LogP contribution is -2.14. The third kappa shape index (κ3) is 6.22. The molecule has 0 saturated heterocycles. The minimum atomic E-state index is -0.0142. The topological polar surface area (TPSA) is 25.8 Å². The summed E-state index contributed by atoms with van der Waals surface area (Å²) in [6.07, 6.45) is 5.49. The molecule has 1 aliphatic rings. The number of benzene rings is 7. The van der Waals surface area contributed by atoms with Crippen LogP contribution >= 0.6 is 0 Å². The van der Waals surface area contributed by atoms with E-state index in [2.05, 4.69) is 167 Å². The summed E-state index contributed by atoms with van der Waals surface area (Å²) in [5.41, 5.74) is 17.2. The van der Waals surface area contributed by atoms with Crippen LogP contribution in [-0.2, 0) is 5.41 Å². The van der Waals surface area contributed by atoms with Gasteiger partial charge in [-0.3, -0.25) is 0 Å². The second-order valence-corrected chi connectivity index (χ2v) is 14.8. The van der Waals surface area contributed by atoms with E-state index in [9.17, 15) is 0 Å². The highest BCUT2D eigenvalue weighted by molar-refractivity contribution is 5.91. The van der Waals surface area contributed by atoms with Crippen molar-refractivity contribution >= 4 is 16.3 Å². The molecule has 9 rings (SSSR count). The van der Waals surface area contributed by atoms with Gasteiger partial charge in [0.1, 0.15) is 0 Å². The van der Waals surface area contributed by atoms with Crippen molar-refractivity contribution in [3.05, 3.63) is 212 Å². The highest BCUT2D eigenvalue weighted by atomic mass is 14.9. The van der Waals surface area contributed by atoms with E-state index < -0.39 is 0 Å². The summed E-state index contributed by atoms with van der Waals surface area (Å²) in [6.45, 7) is 12.6. The molecule has 262 valence electrons. The molecule has 8 aromatic rings. The fourth-order valence-electron chi connectivity index (χ4n) is 8.02. The van der Waals surface area contributed by atoms with Crippen LogP contribution in [0.4, 0.5) is 0 Å². The van der Waals surface area contributed by atoms with Gasteiger partial charge in [0.15, 0.2) is 5.82 Å². The van der Waals surface area contributed by atoms with E-state index in [1.165, 1.54) is 55.3 Å². The van der Waals surface area contributed by atoms with Crippen LogP contribution in [0.2, 0.25) is 0 Å². The van der Waals surface area contributed by atoms with Crippen molar-refractivity contribution in [3.8, 4) is 67.2 Å². The highest BCUT2D eigenvalue weighted by Gasteiger charge is 2.35. The molecule has 0 N–H and O–H groups in total. The van der Waals surface area contributed by atoms with Crippen LogP contribution < -0.4 is 0 Å². The first kappa shape index (κ1) is 33.9. The van der Waals surface area contributed by atoms with E-state index in [1.54, 1.807) is 12.2 Å². The fraction of sp³-hybridized carbons (Fsp3) is 0.0566. The summed E-state index contributed by atoms with van der Waals surface area (Å²) in [5, 5.41) is 2.42. The molecule has 0 spiro atoms. The minimum absolute atomic E-state index is 0.0142. The van der Waals surface area contributed by atoms with Gasteiger partial charge in [0, 0.05) is 16.5 Å². The first-order chi connectivity index (χ1) is 26.9. The molecule has 0 fully saturated rings. The Morgan fingerprint density at radius 3 is 1.65 bits per heavy atom. The summed E-state index contributed by atoms with van der Waals surface area (Å²) in [6, 6.07) is 59.0. The third-order valence-corrected chi connectivity index (χ3v) is 11.1. The van der Waals surface area contributed by atoms with Crippen molar-refractivity contribution < 1.29 is 0 Å². The molecule has 2 nitrogen and oxygen atoms in total. The van der Waals surface area contributed by atoms with Crippen LogP contribution in [0.25, 0.3) is 83.5 Å². The van der Waals surface area contributed by atoms with Gasteiger partial charge >= 0.3 is 0 Å². The Bertz CT molecular complexity index is 2790. The first-order valence-corrected chi connectivity index (χ1v) is 18.8. The average Bonchev–Trinajstić information content (AvgIpc) is 3.48. The molecule has 0 amide bonds. The largest absolute Gasteiger partial charge is 0.228 e. The number of fused-ring (bicyclic) bond motifs is 4. The molecule has 7 aromatic carbocycles. The zero-order valence-corrected chi connectivity index (χ0v) is 31.1. The monoisotopic (exact) mass is 704 g/mol. The normalized spacial score (nSPS) is 12.9. The molecule has 1 aromatic heterocycles. The Morgan fingerprint density at radius 2 is 1.02 bits per heavy atom. The summed E-state index contributed by atoms with van der Waals surface area (Å²) in [5.74, 6) is 0.666. The second-order valence-electron chi connectivity index (χ2n) is 14.8. The molecule has 55 heavy (non-hydrogen) atoms. The smallest absolute Gasteiger partial charge is 0.160 e. The zero-order valence-electron chi connectivity index (χ0n) is 31.1. The molecular formula is C53H40N2. The highest BCUT2D eigenvalue weighted by Crippen LogP contribution is 2.49. The Morgan fingerprint density at radius 1 is 0.473 bits per heavy atom. The van der Waals surface area contributed by atoms with E-state index in [0.717, 1.165) is 39.2 Å². The van der Waals surface area contributed by atoms with E-state index >= 15 is 0 Å². The lowest BCUT2D eigenvalue weighted by atomic mass is 9.81. The molecule has 0 unspecified atom stereocenters. The number of aromatic nitrogens is 2. The van der Waals surface area contributed by atoms with E-state index in [1.807, 2.05) is 30.3 Å². The van der Waals surface area contributed by atoms with Gasteiger partial charge in [-0.1, -0.05) is 185 Å². The van der Waals surface area contributed by atoms with Crippen molar-refractivity contribution in [1.82, 2.24) is 9.97 Å². The number of hydrogen-bond acceptors (Lipinski definition) is 2. The standard InChI is InChI=1S/C53H40N2/c1-5-12-35(6-2)50-34-51(40-13-8-7-9-14-40)55-52(54-50)41-25-21-37(22-26-41)43-28-24-39-23-27-42(31-45(39)32-43)36-17-19-38(20-18-36)44-29-30-47-46-15-10-11-16-48(46)53(3,4)49(47)33-44/h5-34H,1-2H2,3-4H3/b35-12+. The lowest BCUT2D eigenvalue weighted by Gasteiger charge is -2.22. The third-order valence-electron chi connectivity index (χ3n) is 11.1. The van der Waals surface area contributed by atoms with E-state index in [4.69, 9.17) is 9.97 Å². The minimum Gasteiger partial charge on any atom is -0.228 e. The van der Waals surface area contributed by atoms with Gasteiger partial charge in [0.2, 0.25) is 0 Å². The Balaban J connectivity index is 0.991. The zero-order chi connectivity index (χ0) is 37.5. The predicted molar refractivity (Wildman–Crippen MR) is 233 cm³/mol. The molecule has 0 aliphatic heterocycles. The average molecular weight is 705 g/mol. The quantitative estimate of drug-likeness (QED) is 0.147. The van der Waals surface area contributed by atoms with Crippen LogP contribution in [0, 0.1) is 0 Å². The Hall–Kier alpha value is -6.90. The van der Waals surface area contributed by atoms with Gasteiger partial charge in [-0.25, -0.2) is 9.97 Å². The summed E-state index contributed by atoms with van der Waals surface area (Å²) >= 11 is 0. The van der Waals surface area contributed by atoms with Crippen LogP contribution in [0.5, 0.6) is 0 Å². The molecule has 0 radical (unpaired) electrons. The van der Waals surface area contributed by atoms with Crippen molar-refractivity contribution in [2.24, 2.45) is 0 Å². The number of allylic oxidation sites excluding steroid dienone is 4. The maximum atomic E-state index is 4.98. The van der Waals surface area contributed by atoms with Crippen molar-refractivity contribution in [2.45, 2.75) is 19.3 Å². The van der Waals surface area contributed by atoms with Gasteiger partial charge in [-0.05, 0) is 96.2 Å². The molecule has 0 saturated carbocycles. The number of rotatable bonds is 8. The van der Waals surface area contributed by atoms with Crippen molar-refractivity contribution in [2.75, 3.05) is 0 Å². The van der Waals surface area contributed by atoms with Crippen LogP contribution in [0.15, 0.2) is 195 Å². The van der Waals surface area contributed by atoms with Crippen LogP contribution in [-0.4, -0.2) is 9.97 Å². The summed E-state index contributed by atoms with van der Waals surface area (Å²) < 4.78 is 0. The van der Waals surface area contributed by atoms with Crippen LogP contribution in [0.1, 0.15) is 30.7 Å². The van der Waals surface area contributed by atoms with Crippen molar-refractivity contribution in [3.63, 3.8) is 0 Å². The maximum Gasteiger partial charge on any atom is 0.160 e. The van der Waals surface area contributed by atoms with Crippen molar-refractivity contribution in [1.29, 1.82) is 0 Å². The molecule has 2 heteroatoms. The lowest BCUT2D eigenvalue weighted by molar-refractivity contribution is 0.660. The maximum absolute atomic E-state index is 4.98. The van der Waals surface area contributed by atoms with E-state index in [-0.39, 0.29) is 5.41 Å². The van der Waals surface area contributed by atoms with Gasteiger partial charge in [-0.15, -0.1) is 0 Å². The fourth-order valence-corrected chi connectivity index (χ4v) is 8.02. The molecule has 1 aliphatic carbocycles. The van der Waals surface area contributed by atoms with Crippen LogP contribution in [0.3, 0.4) is 0 Å². The predicted octanol–water partition coefficient (Wildman–Crippen LogP) is 14.0. The van der Waals surface area contributed by atoms with Gasteiger partial charge in [0.05, 0.1) is 11.4 Å². The molecule has 0 bridgehead atoms. The summed E-state index contributed by atoms with van der Waals surface area (Å²) in [7, 11) is 0. The Kier molecular flexibility index (Phi) is 8.52.